The van der Waals surface area contributed by atoms with Crippen molar-refractivity contribution in [3.63, 3.8) is 0 Å². The van der Waals surface area contributed by atoms with Gasteiger partial charge in [0.05, 0.1) is 22.3 Å². The molecule has 1 aliphatic heterocycles. The van der Waals surface area contributed by atoms with Gasteiger partial charge in [-0.2, -0.15) is 4.68 Å². The fourth-order valence-corrected chi connectivity index (χ4v) is 4.45. The summed E-state index contributed by atoms with van der Waals surface area (Å²) in [6, 6.07) is 11.8. The number of rotatable bonds is 4. The Hall–Kier alpha value is -3.42. The molecule has 2 heterocycles. The second-order valence-electron chi connectivity index (χ2n) is 10.1. The average Bonchev–Trinajstić information content (AvgIpc) is 3.02. The number of carbonyl (C=O) groups excluding carboxylic acids is 1. The Labute approximate surface area is 200 Å². The van der Waals surface area contributed by atoms with Crippen molar-refractivity contribution >= 4 is 39.7 Å². The van der Waals surface area contributed by atoms with Crippen LogP contribution in [-0.4, -0.2) is 48.2 Å². The Bertz CT molecular complexity index is 1260. The van der Waals surface area contributed by atoms with E-state index in [1.807, 2.05) is 12.1 Å². The summed E-state index contributed by atoms with van der Waals surface area (Å²) in [5, 5.41) is 3.91. The highest BCUT2D eigenvalue weighted by molar-refractivity contribution is 5.90. The lowest BCUT2D eigenvalue weighted by atomic mass is 10.1. The summed E-state index contributed by atoms with van der Waals surface area (Å²) in [6.45, 7) is 7.58. The van der Waals surface area contributed by atoms with Gasteiger partial charge in [0.15, 0.2) is 0 Å². The van der Waals surface area contributed by atoms with E-state index in [0.717, 1.165) is 30.2 Å². The molecule has 0 bridgehead atoms. The summed E-state index contributed by atoms with van der Waals surface area (Å²) < 4.78 is 8.11. The topological polar surface area (TPSA) is 71.7 Å². The second-order valence-corrected chi connectivity index (χ2v) is 10.1. The van der Waals surface area contributed by atoms with Gasteiger partial charge in [0.1, 0.15) is 5.60 Å². The maximum Gasteiger partial charge on any atom is 0.434 e. The third-order valence-electron chi connectivity index (χ3n) is 6.06. The standard InChI is InChI=1S/C26H35N5O3/c1-26(2,3)34-25(33)31-22-16-18(10-12-20(22)24(32)29(31)6)27-19-11-13-21(23(17-19)28(4)5)30-14-8-7-9-15-30/h10-13,16-17,27H,7-9,14-15H2,1-6H3. The smallest absolute Gasteiger partial charge is 0.434 e. The van der Waals surface area contributed by atoms with Crippen LogP contribution >= 0.6 is 0 Å². The van der Waals surface area contributed by atoms with Crippen LogP contribution in [0.2, 0.25) is 0 Å². The van der Waals surface area contributed by atoms with Gasteiger partial charge < -0.3 is 19.9 Å². The van der Waals surface area contributed by atoms with E-state index in [1.54, 1.807) is 33.9 Å². The lowest BCUT2D eigenvalue weighted by Gasteiger charge is -2.32. The summed E-state index contributed by atoms with van der Waals surface area (Å²) in [7, 11) is 5.69. The zero-order chi connectivity index (χ0) is 24.6. The van der Waals surface area contributed by atoms with Crippen molar-refractivity contribution in [2.24, 2.45) is 7.05 Å². The molecule has 182 valence electrons. The first-order chi connectivity index (χ1) is 16.0. The number of nitrogens with zero attached hydrogens (tertiary/aromatic N) is 4. The van der Waals surface area contributed by atoms with Crippen molar-refractivity contribution in [1.82, 2.24) is 9.36 Å². The third kappa shape index (κ3) is 4.76. The Kier molecular flexibility index (Phi) is 6.34. The maximum absolute atomic E-state index is 12.8. The van der Waals surface area contributed by atoms with Crippen molar-refractivity contribution in [3.8, 4) is 0 Å². The Balaban J connectivity index is 1.68. The highest BCUT2D eigenvalue weighted by atomic mass is 16.6. The molecule has 1 aliphatic rings. The summed E-state index contributed by atoms with van der Waals surface area (Å²) >= 11 is 0. The van der Waals surface area contributed by atoms with Crippen LogP contribution in [0, 0.1) is 0 Å². The van der Waals surface area contributed by atoms with Crippen molar-refractivity contribution in [2.75, 3.05) is 42.3 Å². The van der Waals surface area contributed by atoms with Crippen molar-refractivity contribution in [2.45, 2.75) is 45.6 Å². The van der Waals surface area contributed by atoms with E-state index in [4.69, 9.17) is 4.74 Å². The minimum Gasteiger partial charge on any atom is -0.442 e. The first-order valence-electron chi connectivity index (χ1n) is 11.8. The van der Waals surface area contributed by atoms with Gasteiger partial charge in [-0.3, -0.25) is 4.79 Å². The molecule has 0 radical (unpaired) electrons. The monoisotopic (exact) mass is 465 g/mol. The maximum atomic E-state index is 12.8. The Morgan fingerprint density at radius 2 is 1.65 bits per heavy atom. The molecule has 1 saturated heterocycles. The number of benzene rings is 2. The molecule has 0 amide bonds. The lowest BCUT2D eigenvalue weighted by molar-refractivity contribution is 0.0503. The van der Waals surface area contributed by atoms with Gasteiger partial charge in [0.25, 0.3) is 5.56 Å². The number of ether oxygens (including phenoxy) is 1. The molecule has 4 rings (SSSR count). The molecular formula is C26H35N5O3. The van der Waals surface area contributed by atoms with Gasteiger partial charge in [-0.25, -0.2) is 9.48 Å². The van der Waals surface area contributed by atoms with Gasteiger partial charge in [-0.1, -0.05) is 0 Å². The molecule has 0 atom stereocenters. The van der Waals surface area contributed by atoms with Crippen LogP contribution < -0.4 is 20.7 Å². The molecule has 1 aromatic heterocycles. The van der Waals surface area contributed by atoms with Gasteiger partial charge in [-0.15, -0.1) is 0 Å². The van der Waals surface area contributed by atoms with E-state index in [0.29, 0.717) is 10.9 Å². The van der Waals surface area contributed by atoms with Crippen LogP contribution in [-0.2, 0) is 11.8 Å². The van der Waals surface area contributed by atoms with E-state index in [9.17, 15) is 9.59 Å². The van der Waals surface area contributed by atoms with Crippen molar-refractivity contribution in [1.29, 1.82) is 0 Å². The SMILES string of the molecule is CN(C)c1cc(Nc2ccc3c(=O)n(C)n(C(=O)OC(C)(C)C)c3c2)ccc1N1CCCCC1. The fraction of sp³-hybridized carbons (Fsp3) is 0.462. The number of nitrogens with one attached hydrogen (secondary N) is 1. The van der Waals surface area contributed by atoms with Crippen molar-refractivity contribution < 1.29 is 9.53 Å². The molecule has 0 unspecified atom stereocenters. The quantitative estimate of drug-likeness (QED) is 0.590. The minimum absolute atomic E-state index is 0.242. The molecular weight excluding hydrogens is 430 g/mol. The number of hydrogen-bond acceptors (Lipinski definition) is 6. The number of hydrogen-bond donors (Lipinski definition) is 1. The number of piperidine rings is 1. The summed E-state index contributed by atoms with van der Waals surface area (Å²) in [5.41, 5.74) is 3.71. The highest BCUT2D eigenvalue weighted by Crippen LogP contribution is 2.34. The molecule has 3 aromatic rings. The molecule has 0 saturated carbocycles. The molecule has 0 spiro atoms. The lowest BCUT2D eigenvalue weighted by Crippen LogP contribution is -2.31. The second kappa shape index (κ2) is 9.08. The van der Waals surface area contributed by atoms with E-state index in [1.165, 1.54) is 34.3 Å². The molecule has 8 nitrogen and oxygen atoms in total. The molecule has 1 fully saturated rings. The zero-order valence-corrected chi connectivity index (χ0v) is 21.0. The third-order valence-corrected chi connectivity index (χ3v) is 6.06. The van der Waals surface area contributed by atoms with Crippen LogP contribution in [0.25, 0.3) is 10.9 Å². The van der Waals surface area contributed by atoms with Gasteiger partial charge >= 0.3 is 6.09 Å². The van der Waals surface area contributed by atoms with Gasteiger partial charge in [0, 0.05) is 45.6 Å². The van der Waals surface area contributed by atoms with E-state index < -0.39 is 11.7 Å². The summed E-state index contributed by atoms with van der Waals surface area (Å²) in [4.78, 5) is 30.1. The predicted octanol–water partition coefficient (Wildman–Crippen LogP) is 4.92. The summed E-state index contributed by atoms with van der Waals surface area (Å²) in [6.07, 6.45) is 3.16. The number of carbonyl (C=O) groups is 1. The minimum atomic E-state index is -0.668. The molecule has 8 heteroatoms. The molecule has 1 N–H and O–H groups in total. The van der Waals surface area contributed by atoms with E-state index in [-0.39, 0.29) is 5.56 Å². The van der Waals surface area contributed by atoms with Crippen molar-refractivity contribution in [3.05, 3.63) is 46.8 Å². The summed E-state index contributed by atoms with van der Waals surface area (Å²) in [5.74, 6) is 0. The number of fused-ring (bicyclic) bond motifs is 1. The largest absolute Gasteiger partial charge is 0.442 e. The average molecular weight is 466 g/mol. The van der Waals surface area contributed by atoms with Crippen LogP contribution in [0.5, 0.6) is 0 Å². The predicted molar refractivity (Wildman–Crippen MR) is 139 cm³/mol. The number of aromatic nitrogens is 2. The fourth-order valence-electron chi connectivity index (χ4n) is 4.45. The van der Waals surface area contributed by atoms with Crippen LogP contribution in [0.4, 0.5) is 27.5 Å². The normalized spacial score (nSPS) is 14.4. The highest BCUT2D eigenvalue weighted by Gasteiger charge is 2.23. The zero-order valence-electron chi connectivity index (χ0n) is 21.0. The Morgan fingerprint density at radius 3 is 2.29 bits per heavy atom. The van der Waals surface area contributed by atoms with E-state index >= 15 is 0 Å². The van der Waals surface area contributed by atoms with E-state index in [2.05, 4.69) is 47.4 Å². The van der Waals surface area contributed by atoms with Crippen LogP contribution in [0.1, 0.15) is 40.0 Å². The van der Waals surface area contributed by atoms with Gasteiger partial charge in [0.2, 0.25) is 0 Å². The first-order valence-corrected chi connectivity index (χ1v) is 11.8. The Morgan fingerprint density at radius 1 is 1.00 bits per heavy atom. The van der Waals surface area contributed by atoms with Crippen LogP contribution in [0.3, 0.4) is 0 Å². The van der Waals surface area contributed by atoms with Gasteiger partial charge in [-0.05, 0) is 76.4 Å². The number of anilines is 4. The molecule has 34 heavy (non-hydrogen) atoms. The van der Waals surface area contributed by atoms with Crippen LogP contribution in [0.15, 0.2) is 41.2 Å². The molecule has 2 aromatic carbocycles. The first kappa shape index (κ1) is 23.7. The molecule has 0 aliphatic carbocycles.